The summed E-state index contributed by atoms with van der Waals surface area (Å²) in [7, 11) is 0. The second kappa shape index (κ2) is 9.30. The van der Waals surface area contributed by atoms with E-state index in [-0.39, 0.29) is 5.91 Å². The number of hydrogen-bond donors (Lipinski definition) is 3. The SMILES string of the molecule is O=C1Nc2cc(Cl)ccc2C1(Cc1cccc(Cl)c1)Nc1cc(Br)ccc1CNC1CCC1. The quantitative estimate of drug-likeness (QED) is 0.303. The molecule has 0 radical (unpaired) electrons. The summed E-state index contributed by atoms with van der Waals surface area (Å²) in [6.45, 7) is 0.739. The van der Waals surface area contributed by atoms with Crippen molar-refractivity contribution in [2.45, 2.75) is 43.8 Å². The van der Waals surface area contributed by atoms with Gasteiger partial charge in [0.05, 0.1) is 0 Å². The summed E-state index contributed by atoms with van der Waals surface area (Å²) in [5.74, 6) is -0.113. The molecule has 7 heteroatoms. The van der Waals surface area contributed by atoms with Crippen LogP contribution in [-0.2, 0) is 23.3 Å². The van der Waals surface area contributed by atoms with Gasteiger partial charge in [0.25, 0.3) is 5.91 Å². The van der Waals surface area contributed by atoms with Crippen LogP contribution in [0.2, 0.25) is 10.0 Å². The minimum atomic E-state index is -1.00. The van der Waals surface area contributed by atoms with Crippen LogP contribution in [0.15, 0.2) is 65.1 Å². The second-order valence-corrected chi connectivity index (χ2v) is 10.6. The summed E-state index contributed by atoms with van der Waals surface area (Å²) >= 11 is 16.1. The Labute approximate surface area is 212 Å². The Morgan fingerprint density at radius 3 is 2.61 bits per heavy atom. The molecule has 3 aromatic rings. The molecule has 5 rings (SSSR count). The van der Waals surface area contributed by atoms with Crippen LogP contribution in [0.1, 0.15) is 36.0 Å². The Hall–Kier alpha value is -2.05. The van der Waals surface area contributed by atoms with Gasteiger partial charge in [-0.2, -0.15) is 0 Å². The first-order chi connectivity index (χ1) is 15.9. The van der Waals surface area contributed by atoms with Gasteiger partial charge in [0.15, 0.2) is 0 Å². The summed E-state index contributed by atoms with van der Waals surface area (Å²) in [5, 5.41) is 11.6. The van der Waals surface area contributed by atoms with Gasteiger partial charge in [0.1, 0.15) is 5.54 Å². The molecule has 1 saturated carbocycles. The largest absolute Gasteiger partial charge is 0.367 e. The van der Waals surface area contributed by atoms with Crippen LogP contribution < -0.4 is 16.0 Å². The number of nitrogens with one attached hydrogen (secondary N) is 3. The predicted molar refractivity (Wildman–Crippen MR) is 139 cm³/mol. The van der Waals surface area contributed by atoms with Gasteiger partial charge in [-0.05, 0) is 60.4 Å². The number of fused-ring (bicyclic) bond motifs is 1. The summed E-state index contributed by atoms with van der Waals surface area (Å²) in [6, 6.07) is 20.0. The molecule has 3 N–H and O–H groups in total. The molecule has 33 heavy (non-hydrogen) atoms. The number of amides is 1. The lowest BCUT2D eigenvalue weighted by molar-refractivity contribution is -0.119. The molecule has 170 valence electrons. The standard InChI is InChI=1S/C26H24BrCl2N3O/c27-18-8-7-17(15-30-21-5-2-6-21)23(12-18)32-26(14-16-3-1-4-19(28)11-16)22-10-9-20(29)13-24(22)31-25(26)33/h1,3-4,7-13,21,30,32H,2,5-6,14-15H2,(H,31,33). The summed E-state index contributed by atoms with van der Waals surface area (Å²) < 4.78 is 0.949. The molecule has 4 nitrogen and oxygen atoms in total. The Morgan fingerprint density at radius 1 is 1.03 bits per heavy atom. The molecule has 1 amide bonds. The molecule has 0 spiro atoms. The molecule has 1 heterocycles. The lowest BCUT2D eigenvalue weighted by Gasteiger charge is -2.32. The van der Waals surface area contributed by atoms with E-state index in [1.807, 2.05) is 48.5 Å². The number of halogens is 3. The summed E-state index contributed by atoms with van der Waals surface area (Å²) in [4.78, 5) is 13.6. The highest BCUT2D eigenvalue weighted by Crippen LogP contribution is 2.43. The molecule has 3 aromatic carbocycles. The average Bonchev–Trinajstić information content (AvgIpc) is 2.98. The second-order valence-electron chi connectivity index (χ2n) is 8.79. The highest BCUT2D eigenvalue weighted by atomic mass is 79.9. The molecule has 0 bridgehead atoms. The molecule has 0 saturated heterocycles. The predicted octanol–water partition coefficient (Wildman–Crippen LogP) is 6.90. The van der Waals surface area contributed by atoms with Crippen LogP contribution >= 0.6 is 39.1 Å². The number of rotatable bonds is 7. The first kappa shape index (κ1) is 22.7. The van der Waals surface area contributed by atoms with Gasteiger partial charge in [-0.1, -0.05) is 69.8 Å². The van der Waals surface area contributed by atoms with E-state index in [0.29, 0.717) is 22.5 Å². The average molecular weight is 545 g/mol. The van der Waals surface area contributed by atoms with Crippen LogP contribution in [0.25, 0.3) is 0 Å². The van der Waals surface area contributed by atoms with E-state index in [4.69, 9.17) is 23.2 Å². The van der Waals surface area contributed by atoms with Gasteiger partial charge in [-0.25, -0.2) is 0 Å². The van der Waals surface area contributed by atoms with Crippen molar-refractivity contribution in [3.05, 3.63) is 91.9 Å². The third kappa shape index (κ3) is 4.65. The number of hydrogen-bond acceptors (Lipinski definition) is 3. The maximum Gasteiger partial charge on any atom is 0.255 e. The normalized spacial score (nSPS) is 19.7. The molecule has 0 aromatic heterocycles. The van der Waals surface area contributed by atoms with Crippen molar-refractivity contribution in [3.8, 4) is 0 Å². The van der Waals surface area contributed by atoms with E-state index in [2.05, 4.69) is 37.9 Å². The Balaban J connectivity index is 1.56. The van der Waals surface area contributed by atoms with Crippen molar-refractivity contribution >= 4 is 56.4 Å². The van der Waals surface area contributed by atoms with Crippen molar-refractivity contribution in [1.29, 1.82) is 0 Å². The summed E-state index contributed by atoms with van der Waals surface area (Å²) in [6.07, 6.45) is 4.16. The van der Waals surface area contributed by atoms with Crippen LogP contribution in [0, 0.1) is 0 Å². The fraction of sp³-hybridized carbons (Fsp3) is 0.269. The first-order valence-corrected chi connectivity index (χ1v) is 12.6. The maximum atomic E-state index is 13.6. The molecule has 1 atom stereocenters. The van der Waals surface area contributed by atoms with Crippen LogP contribution in [0.5, 0.6) is 0 Å². The lowest BCUT2D eigenvalue weighted by Crippen LogP contribution is -2.44. The topological polar surface area (TPSA) is 53.2 Å². The zero-order chi connectivity index (χ0) is 23.0. The van der Waals surface area contributed by atoms with Crippen molar-refractivity contribution in [3.63, 3.8) is 0 Å². The van der Waals surface area contributed by atoms with Crippen molar-refractivity contribution in [1.82, 2.24) is 5.32 Å². The van der Waals surface area contributed by atoms with Gasteiger partial charge in [0, 0.05) is 50.5 Å². The van der Waals surface area contributed by atoms with Crippen molar-refractivity contribution in [2.75, 3.05) is 10.6 Å². The maximum absolute atomic E-state index is 13.6. The lowest BCUT2D eigenvalue weighted by atomic mass is 9.84. The van der Waals surface area contributed by atoms with Gasteiger partial charge < -0.3 is 16.0 Å². The van der Waals surface area contributed by atoms with Gasteiger partial charge in [-0.15, -0.1) is 0 Å². The molecule has 1 unspecified atom stereocenters. The fourth-order valence-corrected chi connectivity index (χ4v) is 5.30. The molecule has 2 aliphatic rings. The van der Waals surface area contributed by atoms with Gasteiger partial charge in [0.2, 0.25) is 0 Å². The third-order valence-corrected chi connectivity index (χ3v) is 7.51. The van der Waals surface area contributed by atoms with E-state index in [9.17, 15) is 4.79 Å². The van der Waals surface area contributed by atoms with Crippen LogP contribution in [0.3, 0.4) is 0 Å². The first-order valence-electron chi connectivity index (χ1n) is 11.1. The van der Waals surface area contributed by atoms with Crippen molar-refractivity contribution in [2.24, 2.45) is 0 Å². The van der Waals surface area contributed by atoms with E-state index in [0.717, 1.165) is 39.1 Å². The minimum absolute atomic E-state index is 0.113. The third-order valence-electron chi connectivity index (χ3n) is 6.54. The fourth-order valence-electron chi connectivity index (χ4n) is 4.56. The van der Waals surface area contributed by atoms with Gasteiger partial charge >= 0.3 is 0 Å². The smallest absolute Gasteiger partial charge is 0.255 e. The van der Waals surface area contributed by atoms with Crippen LogP contribution in [0.4, 0.5) is 11.4 Å². The Bertz CT molecular complexity index is 1210. The van der Waals surface area contributed by atoms with Crippen molar-refractivity contribution < 1.29 is 4.79 Å². The van der Waals surface area contributed by atoms with E-state index in [1.54, 1.807) is 6.07 Å². The molecular formula is C26H24BrCl2N3O. The highest BCUT2D eigenvalue weighted by Gasteiger charge is 2.47. The molecule has 1 aliphatic carbocycles. The van der Waals surface area contributed by atoms with Crippen LogP contribution in [-0.4, -0.2) is 11.9 Å². The molecular weight excluding hydrogens is 521 g/mol. The van der Waals surface area contributed by atoms with E-state index in [1.165, 1.54) is 19.3 Å². The number of carbonyl (C=O) groups excluding carboxylic acids is 1. The number of benzene rings is 3. The Kier molecular flexibility index (Phi) is 6.41. The Morgan fingerprint density at radius 2 is 1.85 bits per heavy atom. The zero-order valence-corrected chi connectivity index (χ0v) is 21.0. The highest BCUT2D eigenvalue weighted by molar-refractivity contribution is 9.10. The minimum Gasteiger partial charge on any atom is -0.367 e. The molecule has 1 fully saturated rings. The van der Waals surface area contributed by atoms with E-state index < -0.39 is 5.54 Å². The summed E-state index contributed by atoms with van der Waals surface area (Å²) in [5.41, 5.74) is 3.59. The zero-order valence-electron chi connectivity index (χ0n) is 17.9. The van der Waals surface area contributed by atoms with Gasteiger partial charge in [-0.3, -0.25) is 4.79 Å². The van der Waals surface area contributed by atoms with E-state index >= 15 is 0 Å². The monoisotopic (exact) mass is 543 g/mol. The number of anilines is 2. The molecule has 1 aliphatic heterocycles. The number of carbonyl (C=O) groups is 1.